The van der Waals surface area contributed by atoms with Gasteiger partial charge >= 0.3 is 0 Å². The number of hydrogen-bond acceptors (Lipinski definition) is 2. The van der Waals surface area contributed by atoms with Crippen LogP contribution in [-0.2, 0) is 22.6 Å². The molecule has 0 bridgehead atoms. The van der Waals surface area contributed by atoms with Crippen LogP contribution in [0.25, 0.3) is 0 Å². The fourth-order valence-electron chi connectivity index (χ4n) is 2.90. The van der Waals surface area contributed by atoms with Gasteiger partial charge in [0.1, 0.15) is 6.04 Å². The number of amides is 2. The molecule has 4 nitrogen and oxygen atoms in total. The smallest absolute Gasteiger partial charge is 0.242 e. The first-order chi connectivity index (χ1) is 14.2. The second-order valence-corrected chi connectivity index (χ2v) is 8.60. The van der Waals surface area contributed by atoms with Gasteiger partial charge in [-0.05, 0) is 43.2 Å². The predicted octanol–water partition coefficient (Wildman–Crippen LogP) is 6.18. The van der Waals surface area contributed by atoms with Crippen LogP contribution in [-0.4, -0.2) is 29.3 Å². The van der Waals surface area contributed by atoms with E-state index in [4.69, 9.17) is 46.4 Å². The number of unbranched alkanes of at least 4 members (excludes halogenated alkanes) is 1. The summed E-state index contributed by atoms with van der Waals surface area (Å²) in [6.07, 6.45) is 1.89. The summed E-state index contributed by atoms with van der Waals surface area (Å²) in [7, 11) is 0. The molecule has 0 aliphatic rings. The zero-order valence-electron chi connectivity index (χ0n) is 16.9. The lowest BCUT2D eigenvalue weighted by atomic mass is 10.1. The Bertz CT molecular complexity index is 884. The van der Waals surface area contributed by atoms with Gasteiger partial charge in [0.25, 0.3) is 0 Å². The molecule has 30 heavy (non-hydrogen) atoms. The third-order valence-electron chi connectivity index (χ3n) is 4.73. The first-order valence-corrected chi connectivity index (χ1v) is 11.2. The molecule has 0 saturated heterocycles. The van der Waals surface area contributed by atoms with Gasteiger partial charge in [0.2, 0.25) is 11.8 Å². The van der Waals surface area contributed by atoms with Crippen LogP contribution in [0.5, 0.6) is 0 Å². The van der Waals surface area contributed by atoms with E-state index < -0.39 is 6.04 Å². The lowest BCUT2D eigenvalue weighted by Gasteiger charge is -2.29. The van der Waals surface area contributed by atoms with Crippen molar-refractivity contribution < 1.29 is 9.59 Å². The van der Waals surface area contributed by atoms with Crippen LogP contribution >= 0.6 is 46.4 Å². The van der Waals surface area contributed by atoms with Crippen LogP contribution in [0.15, 0.2) is 36.4 Å². The molecule has 162 valence electrons. The summed E-state index contributed by atoms with van der Waals surface area (Å²) in [5.41, 5.74) is 1.29. The first-order valence-electron chi connectivity index (χ1n) is 9.68. The number of carbonyl (C=O) groups is 2. The summed E-state index contributed by atoms with van der Waals surface area (Å²) in [6, 6.07) is 9.46. The van der Waals surface area contributed by atoms with E-state index in [1.165, 1.54) is 4.90 Å². The number of rotatable bonds is 9. The van der Waals surface area contributed by atoms with E-state index in [1.54, 1.807) is 43.3 Å². The molecule has 2 aromatic rings. The Morgan fingerprint density at radius 2 is 1.67 bits per heavy atom. The highest BCUT2D eigenvalue weighted by Crippen LogP contribution is 2.27. The summed E-state index contributed by atoms with van der Waals surface area (Å²) >= 11 is 24.7. The Labute approximate surface area is 197 Å². The molecule has 0 saturated carbocycles. The van der Waals surface area contributed by atoms with E-state index in [1.807, 2.05) is 6.92 Å². The molecule has 0 aliphatic carbocycles. The molecule has 0 spiro atoms. The quantitative estimate of drug-likeness (QED) is 0.427. The van der Waals surface area contributed by atoms with Crippen molar-refractivity contribution in [3.63, 3.8) is 0 Å². The summed E-state index contributed by atoms with van der Waals surface area (Å²) < 4.78 is 0. The topological polar surface area (TPSA) is 49.4 Å². The van der Waals surface area contributed by atoms with Gasteiger partial charge < -0.3 is 10.2 Å². The molecule has 0 heterocycles. The van der Waals surface area contributed by atoms with Crippen molar-refractivity contribution >= 4 is 58.2 Å². The van der Waals surface area contributed by atoms with Gasteiger partial charge in [-0.1, -0.05) is 71.9 Å². The van der Waals surface area contributed by atoms with Crippen molar-refractivity contribution in [2.24, 2.45) is 0 Å². The largest absolute Gasteiger partial charge is 0.354 e. The van der Waals surface area contributed by atoms with Crippen molar-refractivity contribution in [1.82, 2.24) is 10.2 Å². The first kappa shape index (κ1) is 24.8. The van der Waals surface area contributed by atoms with Crippen LogP contribution in [0.3, 0.4) is 0 Å². The molecule has 1 atom stereocenters. The molecule has 0 aromatic heterocycles. The maximum Gasteiger partial charge on any atom is 0.242 e. The second kappa shape index (κ2) is 11.8. The number of carbonyl (C=O) groups excluding carboxylic acids is 2. The van der Waals surface area contributed by atoms with Crippen LogP contribution < -0.4 is 5.32 Å². The number of benzene rings is 2. The van der Waals surface area contributed by atoms with E-state index in [9.17, 15) is 9.59 Å². The third-order valence-corrected chi connectivity index (χ3v) is 6.17. The van der Waals surface area contributed by atoms with Gasteiger partial charge in [0.15, 0.2) is 0 Å². The highest BCUT2D eigenvalue weighted by atomic mass is 35.5. The minimum absolute atomic E-state index is 0.0611. The highest BCUT2D eigenvalue weighted by Gasteiger charge is 2.27. The Hall–Kier alpha value is -1.46. The molecule has 2 aromatic carbocycles. The highest BCUT2D eigenvalue weighted by molar-refractivity contribution is 6.42. The number of halogens is 4. The van der Waals surface area contributed by atoms with Gasteiger partial charge in [-0.25, -0.2) is 0 Å². The van der Waals surface area contributed by atoms with Crippen molar-refractivity contribution in [1.29, 1.82) is 0 Å². The Morgan fingerprint density at radius 3 is 2.27 bits per heavy atom. The average Bonchev–Trinajstić information content (AvgIpc) is 2.70. The lowest BCUT2D eigenvalue weighted by Crippen LogP contribution is -2.48. The standard InChI is InChI=1S/C22H24Cl4N2O2/c1-3-4-10-27-22(30)14(2)28(13-16-17(23)6-5-7-18(16)24)21(29)12-15-8-9-19(25)20(26)11-15/h5-9,11,14H,3-4,10,12-13H2,1-2H3,(H,27,30)/t14-/m0/s1. The minimum atomic E-state index is -0.704. The Balaban J connectivity index is 2.28. The molecular weight excluding hydrogens is 466 g/mol. The fraction of sp³-hybridized carbons (Fsp3) is 0.364. The molecule has 0 unspecified atom stereocenters. The number of nitrogens with zero attached hydrogens (tertiary/aromatic N) is 1. The second-order valence-electron chi connectivity index (χ2n) is 6.97. The monoisotopic (exact) mass is 488 g/mol. The average molecular weight is 490 g/mol. The lowest BCUT2D eigenvalue weighted by molar-refractivity contribution is -0.140. The molecule has 1 N–H and O–H groups in total. The minimum Gasteiger partial charge on any atom is -0.354 e. The van der Waals surface area contributed by atoms with Gasteiger partial charge in [-0.15, -0.1) is 0 Å². The molecule has 0 fully saturated rings. The van der Waals surface area contributed by atoms with E-state index in [0.717, 1.165) is 12.8 Å². The van der Waals surface area contributed by atoms with Crippen molar-refractivity contribution in [3.8, 4) is 0 Å². The van der Waals surface area contributed by atoms with E-state index in [0.29, 0.717) is 37.8 Å². The Kier molecular flexibility index (Phi) is 9.76. The number of nitrogens with one attached hydrogen (secondary N) is 1. The van der Waals surface area contributed by atoms with Crippen molar-refractivity contribution in [2.75, 3.05) is 6.54 Å². The number of hydrogen-bond donors (Lipinski definition) is 1. The SMILES string of the molecule is CCCCNC(=O)[C@H](C)N(Cc1c(Cl)cccc1Cl)C(=O)Cc1ccc(Cl)c(Cl)c1. The molecule has 8 heteroatoms. The summed E-state index contributed by atoms with van der Waals surface area (Å²) in [5, 5.41) is 4.54. The normalized spacial score (nSPS) is 11.8. The van der Waals surface area contributed by atoms with Crippen molar-refractivity contribution in [2.45, 2.75) is 45.7 Å². The predicted molar refractivity (Wildman–Crippen MR) is 125 cm³/mol. The van der Waals surface area contributed by atoms with Crippen LogP contribution in [0.2, 0.25) is 20.1 Å². The zero-order valence-corrected chi connectivity index (χ0v) is 19.9. The van der Waals surface area contributed by atoms with Gasteiger partial charge in [0, 0.05) is 28.7 Å². The van der Waals surface area contributed by atoms with E-state index in [-0.39, 0.29) is 24.8 Å². The molecular formula is C22H24Cl4N2O2. The van der Waals surface area contributed by atoms with Crippen LogP contribution in [0, 0.1) is 0 Å². The molecule has 0 aliphatic heterocycles. The van der Waals surface area contributed by atoms with E-state index >= 15 is 0 Å². The summed E-state index contributed by atoms with van der Waals surface area (Å²) in [6.45, 7) is 4.41. The summed E-state index contributed by atoms with van der Waals surface area (Å²) in [4.78, 5) is 27.3. The van der Waals surface area contributed by atoms with Gasteiger partial charge in [-0.3, -0.25) is 9.59 Å². The molecule has 2 amide bonds. The third kappa shape index (κ3) is 6.78. The van der Waals surface area contributed by atoms with Gasteiger partial charge in [-0.2, -0.15) is 0 Å². The van der Waals surface area contributed by atoms with Gasteiger partial charge in [0.05, 0.1) is 16.5 Å². The molecule has 0 radical (unpaired) electrons. The maximum atomic E-state index is 13.2. The zero-order chi connectivity index (χ0) is 22.3. The fourth-order valence-corrected chi connectivity index (χ4v) is 3.74. The Morgan fingerprint density at radius 1 is 1.00 bits per heavy atom. The van der Waals surface area contributed by atoms with Crippen LogP contribution in [0.4, 0.5) is 0 Å². The molecule has 2 rings (SSSR count). The summed E-state index contributed by atoms with van der Waals surface area (Å²) in [5.74, 6) is -0.475. The maximum absolute atomic E-state index is 13.2. The van der Waals surface area contributed by atoms with Crippen LogP contribution in [0.1, 0.15) is 37.8 Å². The van der Waals surface area contributed by atoms with Crippen molar-refractivity contribution in [3.05, 3.63) is 67.6 Å². The van der Waals surface area contributed by atoms with E-state index in [2.05, 4.69) is 5.32 Å².